The average Bonchev–Trinajstić information content (AvgIpc) is 2.84. The Labute approximate surface area is 135 Å². The van der Waals surface area contributed by atoms with Crippen molar-refractivity contribution in [2.24, 2.45) is 0 Å². The number of carbonyl (C=O) groups is 1. The molecule has 1 aliphatic rings. The van der Waals surface area contributed by atoms with Crippen LogP contribution in [0.4, 0.5) is 5.69 Å². The zero-order valence-electron chi connectivity index (χ0n) is 12.5. The van der Waals surface area contributed by atoms with Gasteiger partial charge in [0.2, 0.25) is 5.91 Å². The summed E-state index contributed by atoms with van der Waals surface area (Å²) in [7, 11) is 0.166. The number of nitrogens with zero attached hydrogens (tertiary/aromatic N) is 1. The van der Waals surface area contributed by atoms with Crippen molar-refractivity contribution >= 4 is 33.0 Å². The molecule has 1 aromatic carbocycles. The highest BCUT2D eigenvalue weighted by atomic mass is 35.5. The molecular weight excluding hydrogens is 328 g/mol. The van der Waals surface area contributed by atoms with Crippen LogP contribution < -0.4 is 10.1 Å². The molecule has 0 aliphatic carbocycles. The predicted octanol–water partition coefficient (Wildman–Crippen LogP) is 1.41. The van der Waals surface area contributed by atoms with Gasteiger partial charge in [-0.3, -0.25) is 4.79 Å². The second-order valence-corrected chi connectivity index (χ2v) is 7.90. The second-order valence-electron chi connectivity index (χ2n) is 5.26. The predicted molar refractivity (Wildman–Crippen MR) is 86.3 cm³/mol. The maximum atomic E-state index is 12.1. The molecule has 1 aliphatic heterocycles. The van der Waals surface area contributed by atoms with E-state index in [0.717, 1.165) is 0 Å². The molecule has 1 atom stereocenters. The lowest BCUT2D eigenvalue weighted by molar-refractivity contribution is -0.129. The molecule has 0 saturated carbocycles. The van der Waals surface area contributed by atoms with Crippen LogP contribution in [-0.4, -0.2) is 57.5 Å². The van der Waals surface area contributed by atoms with E-state index in [2.05, 4.69) is 5.32 Å². The number of benzene rings is 1. The number of hydrogen-bond donors (Lipinski definition) is 1. The summed E-state index contributed by atoms with van der Waals surface area (Å²) in [5.74, 6) is 0.598. The third kappa shape index (κ3) is 4.04. The van der Waals surface area contributed by atoms with Crippen LogP contribution in [0.1, 0.15) is 6.42 Å². The summed E-state index contributed by atoms with van der Waals surface area (Å²) in [6.07, 6.45) is 0.499. The van der Waals surface area contributed by atoms with Gasteiger partial charge in [-0.25, -0.2) is 8.42 Å². The number of rotatable bonds is 5. The summed E-state index contributed by atoms with van der Waals surface area (Å²) in [5.41, 5.74) is 0.701. The molecule has 1 unspecified atom stereocenters. The number of anilines is 1. The quantitative estimate of drug-likeness (QED) is 0.872. The Balaban J connectivity index is 1.91. The molecular formula is C14H19ClN2O4S. The van der Waals surface area contributed by atoms with Gasteiger partial charge in [0.1, 0.15) is 5.75 Å². The molecule has 6 nitrogen and oxygen atoms in total. The summed E-state index contributed by atoms with van der Waals surface area (Å²) in [5, 5.41) is 3.43. The Kier molecular flexibility index (Phi) is 5.18. The van der Waals surface area contributed by atoms with Gasteiger partial charge in [0, 0.05) is 18.8 Å². The Morgan fingerprint density at radius 3 is 2.77 bits per heavy atom. The van der Waals surface area contributed by atoms with Crippen LogP contribution in [0.25, 0.3) is 0 Å². The number of halogens is 1. The van der Waals surface area contributed by atoms with Crippen LogP contribution in [0.2, 0.25) is 5.02 Å². The highest BCUT2D eigenvalue weighted by Crippen LogP contribution is 2.27. The standard InChI is InChI=1S/C14H19ClN2O4S/c1-17(11-5-6-22(19,20)9-11)14(18)8-16-10-3-4-13(21-2)12(15)7-10/h3-4,7,11,16H,5-6,8-9H2,1-2H3. The minimum Gasteiger partial charge on any atom is -0.495 e. The van der Waals surface area contributed by atoms with Gasteiger partial charge < -0.3 is 15.0 Å². The minimum atomic E-state index is -3.00. The van der Waals surface area contributed by atoms with E-state index in [-0.39, 0.29) is 30.0 Å². The summed E-state index contributed by atoms with van der Waals surface area (Å²) < 4.78 is 28.0. The highest BCUT2D eigenvalue weighted by Gasteiger charge is 2.32. The van der Waals surface area contributed by atoms with Gasteiger partial charge >= 0.3 is 0 Å². The van der Waals surface area contributed by atoms with Crippen LogP contribution in [0.15, 0.2) is 18.2 Å². The smallest absolute Gasteiger partial charge is 0.241 e. The lowest BCUT2D eigenvalue weighted by Gasteiger charge is -2.23. The average molecular weight is 347 g/mol. The van der Waals surface area contributed by atoms with Gasteiger partial charge in [-0.2, -0.15) is 0 Å². The number of ether oxygens (including phenoxy) is 1. The van der Waals surface area contributed by atoms with Crippen molar-refractivity contribution in [1.82, 2.24) is 4.90 Å². The lowest BCUT2D eigenvalue weighted by Crippen LogP contribution is -2.40. The molecule has 122 valence electrons. The van der Waals surface area contributed by atoms with Crippen molar-refractivity contribution in [2.45, 2.75) is 12.5 Å². The molecule has 1 saturated heterocycles. The minimum absolute atomic E-state index is 0.0452. The van der Waals surface area contributed by atoms with Gasteiger partial charge in [-0.15, -0.1) is 0 Å². The zero-order valence-corrected chi connectivity index (χ0v) is 14.1. The van der Waals surface area contributed by atoms with Gasteiger partial charge in [-0.05, 0) is 24.6 Å². The van der Waals surface area contributed by atoms with E-state index in [1.54, 1.807) is 25.2 Å². The molecule has 0 aromatic heterocycles. The third-order valence-corrected chi connectivity index (χ3v) is 5.79. The fourth-order valence-electron chi connectivity index (χ4n) is 2.36. The molecule has 1 fully saturated rings. The zero-order chi connectivity index (χ0) is 16.3. The van der Waals surface area contributed by atoms with Crippen LogP contribution in [0.3, 0.4) is 0 Å². The van der Waals surface area contributed by atoms with Crippen LogP contribution in [0.5, 0.6) is 5.75 Å². The van der Waals surface area contributed by atoms with Gasteiger partial charge in [0.15, 0.2) is 9.84 Å². The molecule has 2 rings (SSSR count). The third-order valence-electron chi connectivity index (χ3n) is 3.75. The Bertz CT molecular complexity index is 663. The van der Waals surface area contributed by atoms with Crippen LogP contribution >= 0.6 is 11.6 Å². The van der Waals surface area contributed by atoms with Crippen LogP contribution in [0, 0.1) is 0 Å². The van der Waals surface area contributed by atoms with E-state index < -0.39 is 9.84 Å². The fourth-order valence-corrected chi connectivity index (χ4v) is 4.40. The van der Waals surface area contributed by atoms with E-state index >= 15 is 0 Å². The van der Waals surface area contributed by atoms with Crippen molar-refractivity contribution in [1.29, 1.82) is 0 Å². The molecule has 1 aromatic rings. The highest BCUT2D eigenvalue weighted by molar-refractivity contribution is 7.91. The van der Waals surface area contributed by atoms with Crippen molar-refractivity contribution in [3.05, 3.63) is 23.2 Å². The molecule has 0 bridgehead atoms. The first-order chi connectivity index (χ1) is 10.3. The largest absolute Gasteiger partial charge is 0.495 e. The Morgan fingerprint density at radius 1 is 1.50 bits per heavy atom. The van der Waals surface area contributed by atoms with Crippen molar-refractivity contribution in [3.8, 4) is 5.75 Å². The maximum Gasteiger partial charge on any atom is 0.241 e. The topological polar surface area (TPSA) is 75.7 Å². The monoisotopic (exact) mass is 346 g/mol. The van der Waals surface area contributed by atoms with Crippen LogP contribution in [-0.2, 0) is 14.6 Å². The molecule has 22 heavy (non-hydrogen) atoms. The number of nitrogens with one attached hydrogen (secondary N) is 1. The molecule has 1 amide bonds. The van der Waals surface area contributed by atoms with E-state index in [0.29, 0.717) is 22.9 Å². The normalized spacial score (nSPS) is 19.7. The number of methoxy groups -OCH3 is 1. The second kappa shape index (κ2) is 6.75. The molecule has 0 spiro atoms. The Morgan fingerprint density at radius 2 is 2.23 bits per heavy atom. The van der Waals surface area contributed by atoms with E-state index in [1.165, 1.54) is 12.0 Å². The molecule has 8 heteroatoms. The van der Waals surface area contributed by atoms with Gasteiger partial charge in [-0.1, -0.05) is 11.6 Å². The number of hydrogen-bond acceptors (Lipinski definition) is 5. The van der Waals surface area contributed by atoms with Crippen molar-refractivity contribution < 1.29 is 17.9 Å². The van der Waals surface area contributed by atoms with Crippen molar-refractivity contribution in [2.75, 3.05) is 37.5 Å². The van der Waals surface area contributed by atoms with Gasteiger partial charge in [0.25, 0.3) is 0 Å². The lowest BCUT2D eigenvalue weighted by atomic mass is 10.2. The molecule has 0 radical (unpaired) electrons. The summed E-state index contributed by atoms with van der Waals surface area (Å²) >= 11 is 6.02. The maximum absolute atomic E-state index is 12.1. The number of amides is 1. The first-order valence-corrected chi connectivity index (χ1v) is 9.06. The summed E-state index contributed by atoms with van der Waals surface area (Å²) in [6, 6.07) is 4.91. The first kappa shape index (κ1) is 16.9. The summed E-state index contributed by atoms with van der Waals surface area (Å²) in [6.45, 7) is 0.0791. The summed E-state index contributed by atoms with van der Waals surface area (Å²) in [4.78, 5) is 13.6. The SMILES string of the molecule is COc1ccc(NCC(=O)N(C)C2CCS(=O)(=O)C2)cc1Cl. The van der Waals surface area contributed by atoms with E-state index in [9.17, 15) is 13.2 Å². The molecule has 1 heterocycles. The molecule has 1 N–H and O–H groups in total. The van der Waals surface area contributed by atoms with E-state index in [4.69, 9.17) is 16.3 Å². The van der Waals surface area contributed by atoms with Crippen molar-refractivity contribution in [3.63, 3.8) is 0 Å². The Hall–Kier alpha value is -1.47. The number of sulfone groups is 1. The first-order valence-electron chi connectivity index (χ1n) is 6.86. The van der Waals surface area contributed by atoms with E-state index in [1.807, 2.05) is 0 Å². The number of carbonyl (C=O) groups excluding carboxylic acids is 1. The fraction of sp³-hybridized carbons (Fsp3) is 0.500. The van der Waals surface area contributed by atoms with Gasteiger partial charge in [0.05, 0.1) is 30.2 Å². The number of likely N-dealkylation sites (N-methyl/N-ethyl adjacent to an activating group) is 1.